The van der Waals surface area contributed by atoms with Gasteiger partial charge in [-0.05, 0) is 55.4 Å². The lowest BCUT2D eigenvalue weighted by molar-refractivity contribution is 0.413. The highest BCUT2D eigenvalue weighted by Crippen LogP contribution is 2.36. The molecule has 0 unspecified atom stereocenters. The predicted octanol–water partition coefficient (Wildman–Crippen LogP) is 4.83. The van der Waals surface area contributed by atoms with Crippen LogP contribution in [0.4, 0.5) is 0 Å². The van der Waals surface area contributed by atoms with Gasteiger partial charge in [-0.25, -0.2) is 4.68 Å². The van der Waals surface area contributed by atoms with Crippen molar-refractivity contribution in [2.24, 2.45) is 0 Å². The minimum atomic E-state index is -0.120. The molecule has 3 nitrogen and oxygen atoms in total. The maximum atomic E-state index is 10.8. The Balaban J connectivity index is 2.57. The smallest absolute Gasteiger partial charge is 0.218 e. The third-order valence-corrected chi connectivity index (χ3v) is 4.19. The first kappa shape index (κ1) is 16.6. The molecule has 0 aliphatic rings. The number of rotatable bonds is 4. The van der Waals surface area contributed by atoms with Gasteiger partial charge in [0.05, 0.1) is 11.4 Å². The summed E-state index contributed by atoms with van der Waals surface area (Å²) >= 11 is 0. The molecular formula is C19H28N2O. The van der Waals surface area contributed by atoms with Crippen LogP contribution in [0.3, 0.4) is 0 Å². The van der Waals surface area contributed by atoms with Gasteiger partial charge >= 0.3 is 0 Å². The Kier molecular flexibility index (Phi) is 4.64. The van der Waals surface area contributed by atoms with Crippen LogP contribution >= 0.6 is 0 Å². The molecule has 22 heavy (non-hydrogen) atoms. The van der Waals surface area contributed by atoms with E-state index < -0.39 is 0 Å². The number of benzene rings is 1. The molecule has 3 heteroatoms. The van der Waals surface area contributed by atoms with Crippen LogP contribution in [0.2, 0.25) is 0 Å². The quantitative estimate of drug-likeness (QED) is 0.877. The minimum Gasteiger partial charge on any atom is -0.493 e. The Labute approximate surface area is 134 Å². The maximum absolute atomic E-state index is 10.8. The van der Waals surface area contributed by atoms with Gasteiger partial charge in [0.25, 0.3) is 0 Å². The molecule has 120 valence electrons. The molecule has 0 bridgehead atoms. The molecule has 2 aromatic rings. The topological polar surface area (TPSA) is 38.0 Å². The van der Waals surface area contributed by atoms with Gasteiger partial charge in [-0.15, -0.1) is 0 Å². The second-order valence-electron chi connectivity index (χ2n) is 7.18. The lowest BCUT2D eigenvalue weighted by atomic mass is 9.86. The summed E-state index contributed by atoms with van der Waals surface area (Å²) in [6, 6.07) is 6.18. The maximum Gasteiger partial charge on any atom is 0.218 e. The molecule has 0 amide bonds. The number of hydrogen-bond donors (Lipinski definition) is 1. The summed E-state index contributed by atoms with van der Waals surface area (Å²) in [5, 5.41) is 15.5. The first-order chi connectivity index (χ1) is 10.3. The average Bonchev–Trinajstić information content (AvgIpc) is 2.76. The number of nitrogens with zero attached hydrogens (tertiary/aromatic N) is 2. The van der Waals surface area contributed by atoms with Gasteiger partial charge in [0.1, 0.15) is 0 Å². The highest BCUT2D eigenvalue weighted by Gasteiger charge is 2.27. The minimum absolute atomic E-state index is 0.120. The van der Waals surface area contributed by atoms with Gasteiger partial charge in [0, 0.05) is 5.56 Å². The second kappa shape index (κ2) is 6.15. The molecule has 2 rings (SSSR count). The van der Waals surface area contributed by atoms with Crippen LogP contribution < -0.4 is 0 Å². The fourth-order valence-electron chi connectivity index (χ4n) is 2.78. The van der Waals surface area contributed by atoms with Crippen LogP contribution in [0.15, 0.2) is 18.2 Å². The first-order valence-corrected chi connectivity index (χ1v) is 8.14. The van der Waals surface area contributed by atoms with Crippen LogP contribution in [0.5, 0.6) is 5.88 Å². The lowest BCUT2D eigenvalue weighted by Crippen LogP contribution is -2.13. The number of hydrogen-bond acceptors (Lipinski definition) is 2. The summed E-state index contributed by atoms with van der Waals surface area (Å²) in [6.45, 7) is 12.7. The molecule has 0 aliphatic carbocycles. The van der Waals surface area contributed by atoms with Crippen LogP contribution in [0, 0.1) is 13.8 Å². The normalized spacial score (nSPS) is 11.9. The van der Waals surface area contributed by atoms with Crippen molar-refractivity contribution in [3.05, 3.63) is 40.6 Å². The van der Waals surface area contributed by atoms with E-state index in [1.54, 1.807) is 4.68 Å². The van der Waals surface area contributed by atoms with E-state index in [4.69, 9.17) is 5.10 Å². The summed E-state index contributed by atoms with van der Waals surface area (Å²) in [5.41, 5.74) is 5.25. The van der Waals surface area contributed by atoms with Gasteiger partial charge < -0.3 is 5.11 Å². The highest BCUT2D eigenvalue weighted by molar-refractivity contribution is 5.46. The second-order valence-corrected chi connectivity index (χ2v) is 7.18. The molecule has 1 aromatic carbocycles. The van der Waals surface area contributed by atoms with Crippen molar-refractivity contribution in [2.45, 2.75) is 66.2 Å². The Morgan fingerprint density at radius 3 is 2.36 bits per heavy atom. The fraction of sp³-hybridized carbons (Fsp3) is 0.526. The van der Waals surface area contributed by atoms with Crippen molar-refractivity contribution in [1.82, 2.24) is 9.78 Å². The van der Waals surface area contributed by atoms with Crippen LogP contribution in [-0.2, 0) is 11.8 Å². The molecule has 0 radical (unpaired) electrons. The molecule has 0 fully saturated rings. The van der Waals surface area contributed by atoms with Crippen molar-refractivity contribution in [3.63, 3.8) is 0 Å². The molecule has 1 aromatic heterocycles. The van der Waals surface area contributed by atoms with E-state index in [2.05, 4.69) is 53.7 Å². The zero-order valence-electron chi connectivity index (χ0n) is 14.7. The predicted molar refractivity (Wildman–Crippen MR) is 92.0 cm³/mol. The molecule has 0 aliphatic heterocycles. The van der Waals surface area contributed by atoms with Crippen LogP contribution in [-0.4, -0.2) is 14.9 Å². The molecule has 1 N–H and O–H groups in total. The highest BCUT2D eigenvalue weighted by atomic mass is 16.3. The van der Waals surface area contributed by atoms with Gasteiger partial charge in [0.2, 0.25) is 5.88 Å². The van der Waals surface area contributed by atoms with Gasteiger partial charge in [-0.3, -0.25) is 0 Å². The summed E-state index contributed by atoms with van der Waals surface area (Å²) in [7, 11) is 0. The Morgan fingerprint density at radius 1 is 1.14 bits per heavy atom. The lowest BCUT2D eigenvalue weighted by Gasteiger charge is -2.19. The van der Waals surface area contributed by atoms with E-state index >= 15 is 0 Å². The molecular weight excluding hydrogens is 272 g/mol. The van der Waals surface area contributed by atoms with Crippen molar-refractivity contribution in [3.8, 4) is 11.6 Å². The Morgan fingerprint density at radius 2 is 1.82 bits per heavy atom. The number of aromatic nitrogens is 2. The third kappa shape index (κ3) is 3.18. The van der Waals surface area contributed by atoms with E-state index in [-0.39, 0.29) is 11.3 Å². The SMILES string of the molecule is CCCCc1nn(-c2ccc(C)c(C)c2)c(O)c1C(C)(C)C. The van der Waals surface area contributed by atoms with E-state index in [0.717, 1.165) is 36.2 Å². The van der Waals surface area contributed by atoms with Gasteiger partial charge in [-0.2, -0.15) is 5.10 Å². The standard InChI is InChI=1S/C19H28N2O/c1-7-8-9-16-17(19(4,5)6)18(22)21(20-16)15-11-10-13(2)14(3)12-15/h10-12,22H,7-9H2,1-6H3. The summed E-state index contributed by atoms with van der Waals surface area (Å²) in [4.78, 5) is 0. The van der Waals surface area contributed by atoms with Gasteiger partial charge in [0.15, 0.2) is 0 Å². The number of aromatic hydroxyl groups is 1. The van der Waals surface area contributed by atoms with Crippen molar-refractivity contribution < 1.29 is 5.11 Å². The van der Waals surface area contributed by atoms with Crippen LogP contribution in [0.1, 0.15) is 62.9 Å². The average molecular weight is 300 g/mol. The van der Waals surface area contributed by atoms with Crippen LogP contribution in [0.25, 0.3) is 5.69 Å². The zero-order chi connectivity index (χ0) is 16.5. The van der Waals surface area contributed by atoms with Crippen molar-refractivity contribution in [1.29, 1.82) is 0 Å². The van der Waals surface area contributed by atoms with E-state index in [9.17, 15) is 5.11 Å². The Bertz CT molecular complexity index is 663. The largest absolute Gasteiger partial charge is 0.493 e. The fourth-order valence-corrected chi connectivity index (χ4v) is 2.78. The monoisotopic (exact) mass is 300 g/mol. The van der Waals surface area contributed by atoms with E-state index in [1.807, 2.05) is 6.07 Å². The molecule has 0 saturated carbocycles. The molecule has 0 atom stereocenters. The summed E-state index contributed by atoms with van der Waals surface area (Å²) < 4.78 is 1.69. The van der Waals surface area contributed by atoms with E-state index in [0.29, 0.717) is 0 Å². The summed E-state index contributed by atoms with van der Waals surface area (Å²) in [5.74, 6) is 0.279. The Hall–Kier alpha value is -1.77. The van der Waals surface area contributed by atoms with Gasteiger partial charge in [-0.1, -0.05) is 40.2 Å². The third-order valence-electron chi connectivity index (χ3n) is 4.19. The zero-order valence-corrected chi connectivity index (χ0v) is 14.7. The number of unbranched alkanes of at least 4 members (excludes halogenated alkanes) is 1. The summed E-state index contributed by atoms with van der Waals surface area (Å²) in [6.07, 6.45) is 3.13. The van der Waals surface area contributed by atoms with Crippen molar-refractivity contribution >= 4 is 0 Å². The molecule has 1 heterocycles. The molecule has 0 saturated heterocycles. The molecule has 0 spiro atoms. The first-order valence-electron chi connectivity index (χ1n) is 8.14. The number of aryl methyl sites for hydroxylation is 3. The van der Waals surface area contributed by atoms with Crippen molar-refractivity contribution in [2.75, 3.05) is 0 Å². The van der Waals surface area contributed by atoms with E-state index in [1.165, 1.54) is 11.1 Å².